The van der Waals surface area contributed by atoms with Crippen molar-refractivity contribution in [2.45, 2.75) is 19.3 Å². The minimum Gasteiger partial charge on any atom is -0.273 e. The fraction of sp³-hybridized carbons (Fsp3) is 0.200. The van der Waals surface area contributed by atoms with Crippen LogP contribution in [-0.4, -0.2) is 0 Å². The van der Waals surface area contributed by atoms with E-state index in [1.54, 1.807) is 0 Å². The van der Waals surface area contributed by atoms with E-state index in [2.05, 4.69) is 36.5 Å². The van der Waals surface area contributed by atoms with Gasteiger partial charge in [-0.3, -0.25) is 18.2 Å². The SMILES string of the molecule is [C-]1=CC=CC1.[C-]1=CC=CC1.[C-]1=CC=CC1.[Yb+3]. The number of hydrogen-bond acceptors (Lipinski definition) is 0. The van der Waals surface area contributed by atoms with Crippen molar-refractivity contribution >= 4 is 0 Å². The van der Waals surface area contributed by atoms with E-state index in [-0.39, 0.29) is 46.9 Å². The summed E-state index contributed by atoms with van der Waals surface area (Å²) in [5.41, 5.74) is 0. The molecular formula is C15H15Yb. The molecule has 0 fully saturated rings. The van der Waals surface area contributed by atoms with Crippen molar-refractivity contribution in [3.63, 3.8) is 0 Å². The Balaban J connectivity index is 0.000000205. The summed E-state index contributed by atoms with van der Waals surface area (Å²) >= 11 is 0. The minimum absolute atomic E-state index is 0. The average Bonchev–Trinajstić information content (AvgIpc) is 3.09. The van der Waals surface area contributed by atoms with E-state index >= 15 is 0 Å². The van der Waals surface area contributed by atoms with Gasteiger partial charge in [0.15, 0.2) is 0 Å². The van der Waals surface area contributed by atoms with Crippen LogP contribution in [0.15, 0.2) is 54.7 Å². The first-order valence-corrected chi connectivity index (χ1v) is 5.15. The molecule has 0 unspecified atom stereocenters. The van der Waals surface area contributed by atoms with E-state index in [0.29, 0.717) is 0 Å². The molecule has 0 aromatic carbocycles. The fourth-order valence-corrected chi connectivity index (χ4v) is 1.02. The van der Waals surface area contributed by atoms with Crippen molar-refractivity contribution in [1.29, 1.82) is 0 Å². The van der Waals surface area contributed by atoms with Gasteiger partial charge in [0, 0.05) is 0 Å². The first-order valence-electron chi connectivity index (χ1n) is 5.15. The van der Waals surface area contributed by atoms with E-state index in [1.165, 1.54) is 0 Å². The molecule has 0 nitrogen and oxygen atoms in total. The molecule has 3 aliphatic rings. The molecular weight excluding hydrogens is 353 g/mol. The molecule has 1 radical (unpaired) electrons. The van der Waals surface area contributed by atoms with Gasteiger partial charge in [0.1, 0.15) is 0 Å². The van der Waals surface area contributed by atoms with E-state index in [9.17, 15) is 0 Å². The molecule has 16 heavy (non-hydrogen) atoms. The average molecular weight is 368 g/mol. The zero-order valence-electron chi connectivity index (χ0n) is 9.08. The van der Waals surface area contributed by atoms with Gasteiger partial charge in [-0.2, -0.15) is 18.2 Å². The van der Waals surface area contributed by atoms with Gasteiger partial charge in [-0.1, -0.05) is 0 Å². The zero-order valence-corrected chi connectivity index (χ0v) is 10.8. The van der Waals surface area contributed by atoms with Crippen LogP contribution < -0.4 is 0 Å². The Kier molecular flexibility index (Phi) is 13.0. The van der Waals surface area contributed by atoms with Crippen molar-refractivity contribution in [2.24, 2.45) is 0 Å². The topological polar surface area (TPSA) is 0 Å². The van der Waals surface area contributed by atoms with Gasteiger partial charge in [-0.25, -0.2) is 36.5 Å². The third-order valence-corrected chi connectivity index (χ3v) is 1.76. The van der Waals surface area contributed by atoms with Gasteiger partial charge in [0.05, 0.1) is 0 Å². The molecule has 3 rings (SSSR count). The summed E-state index contributed by atoms with van der Waals surface area (Å²) < 4.78 is 0. The van der Waals surface area contributed by atoms with E-state index in [4.69, 9.17) is 0 Å². The molecule has 0 spiro atoms. The smallest absolute Gasteiger partial charge is 0.273 e. The van der Waals surface area contributed by atoms with Gasteiger partial charge >= 0.3 is 46.9 Å². The van der Waals surface area contributed by atoms with Gasteiger partial charge in [0.25, 0.3) is 0 Å². The summed E-state index contributed by atoms with van der Waals surface area (Å²) in [5.74, 6) is 0. The molecule has 0 aromatic heterocycles. The van der Waals surface area contributed by atoms with Crippen LogP contribution in [0, 0.1) is 65.2 Å². The number of rotatable bonds is 0. The summed E-state index contributed by atoms with van der Waals surface area (Å²) in [7, 11) is 0. The number of hydrogen-bond donors (Lipinski definition) is 0. The van der Waals surface area contributed by atoms with Gasteiger partial charge in [-0.05, 0) is 0 Å². The molecule has 3 aliphatic carbocycles. The first-order chi connectivity index (χ1) is 7.50. The quantitative estimate of drug-likeness (QED) is 0.569. The molecule has 0 saturated heterocycles. The zero-order chi connectivity index (χ0) is 10.6. The second kappa shape index (κ2) is 13.0. The predicted octanol–water partition coefficient (Wildman–Crippen LogP) is 3.92. The molecule has 0 atom stereocenters. The maximum atomic E-state index is 2.99. The molecule has 1 heteroatoms. The Morgan fingerprint density at radius 3 is 0.938 bits per heavy atom. The van der Waals surface area contributed by atoms with Crippen molar-refractivity contribution in [2.75, 3.05) is 0 Å². The molecule has 89 valence electrons. The van der Waals surface area contributed by atoms with Crippen LogP contribution in [-0.2, 0) is 0 Å². The maximum absolute atomic E-state index is 2.99. The maximum Gasteiger partial charge on any atom is 3.00 e. The summed E-state index contributed by atoms with van der Waals surface area (Å²) in [6, 6.07) is 0. The monoisotopic (exact) mass is 369 g/mol. The van der Waals surface area contributed by atoms with Gasteiger partial charge in [0.2, 0.25) is 0 Å². The largest absolute Gasteiger partial charge is 3.00 e. The van der Waals surface area contributed by atoms with Crippen LogP contribution in [0.4, 0.5) is 0 Å². The Hall–Kier alpha value is -0.0405. The molecule has 0 aromatic rings. The molecule has 0 aliphatic heterocycles. The molecule has 0 bridgehead atoms. The van der Waals surface area contributed by atoms with Crippen molar-refractivity contribution in [3.8, 4) is 0 Å². The summed E-state index contributed by atoms with van der Waals surface area (Å²) in [5, 5.41) is 0. The molecule has 0 N–H and O–H groups in total. The Bertz CT molecular complexity index is 232. The number of allylic oxidation sites excluding steroid dienone is 12. The van der Waals surface area contributed by atoms with Crippen molar-refractivity contribution < 1.29 is 46.9 Å². The van der Waals surface area contributed by atoms with Gasteiger partial charge in [-0.15, -0.1) is 19.3 Å². The fourth-order valence-electron chi connectivity index (χ4n) is 1.02. The van der Waals surface area contributed by atoms with E-state index in [0.717, 1.165) is 19.3 Å². The summed E-state index contributed by atoms with van der Waals surface area (Å²) in [4.78, 5) is 0. The van der Waals surface area contributed by atoms with Crippen LogP contribution in [0.2, 0.25) is 0 Å². The molecule has 0 amide bonds. The van der Waals surface area contributed by atoms with Crippen LogP contribution >= 0.6 is 0 Å². The summed E-state index contributed by atoms with van der Waals surface area (Å²) in [6.07, 6.45) is 30.0. The van der Waals surface area contributed by atoms with Crippen molar-refractivity contribution in [3.05, 3.63) is 72.9 Å². The minimum atomic E-state index is 0. The van der Waals surface area contributed by atoms with Crippen LogP contribution in [0.3, 0.4) is 0 Å². The Morgan fingerprint density at radius 1 is 0.562 bits per heavy atom. The normalized spacial score (nSPS) is 16.5. The molecule has 0 saturated carbocycles. The van der Waals surface area contributed by atoms with Crippen LogP contribution in [0.1, 0.15) is 19.3 Å². The standard InChI is InChI=1S/3C5H5.Yb/c3*1-2-4-5-3-1;/h3*1-3H,4H2;/q3*-1;+3. The third-order valence-electron chi connectivity index (χ3n) is 1.76. The van der Waals surface area contributed by atoms with E-state index in [1.807, 2.05) is 36.5 Å². The summed E-state index contributed by atoms with van der Waals surface area (Å²) in [6.45, 7) is 0. The Morgan fingerprint density at radius 2 is 0.875 bits per heavy atom. The first kappa shape index (κ1) is 16.0. The Labute approximate surface area is 137 Å². The second-order valence-electron chi connectivity index (χ2n) is 3.01. The van der Waals surface area contributed by atoms with Crippen LogP contribution in [0.5, 0.6) is 0 Å². The van der Waals surface area contributed by atoms with Crippen LogP contribution in [0.25, 0.3) is 0 Å². The second-order valence-corrected chi connectivity index (χ2v) is 3.01. The third kappa shape index (κ3) is 10.5. The predicted molar refractivity (Wildman–Crippen MR) is 64.7 cm³/mol. The van der Waals surface area contributed by atoms with Gasteiger partial charge < -0.3 is 0 Å². The molecule has 0 heterocycles. The van der Waals surface area contributed by atoms with E-state index < -0.39 is 0 Å². The van der Waals surface area contributed by atoms with Crippen molar-refractivity contribution in [1.82, 2.24) is 0 Å².